The van der Waals surface area contributed by atoms with E-state index in [4.69, 9.17) is 4.52 Å². The van der Waals surface area contributed by atoms with E-state index in [-0.39, 0.29) is 0 Å². The Bertz CT molecular complexity index is 489. The summed E-state index contributed by atoms with van der Waals surface area (Å²) in [5.74, 6) is 0. The number of nitrogens with zero attached hydrogens (tertiary/aromatic N) is 5. The van der Waals surface area contributed by atoms with Crippen LogP contribution in [0.15, 0.2) is 23.0 Å². The lowest BCUT2D eigenvalue weighted by Crippen LogP contribution is -1.92. The highest BCUT2D eigenvalue weighted by Crippen LogP contribution is 2.09. The predicted octanol–water partition coefficient (Wildman–Crippen LogP) is 0.265. The first-order valence-electron chi connectivity index (χ1n) is 3.36. The maximum absolute atomic E-state index is 4.94. The van der Waals surface area contributed by atoms with Crippen LogP contribution in [0, 0.1) is 0 Å². The van der Waals surface area contributed by atoms with Crippen molar-refractivity contribution in [2.45, 2.75) is 0 Å². The van der Waals surface area contributed by atoms with E-state index in [2.05, 4.69) is 20.5 Å². The van der Waals surface area contributed by atoms with Gasteiger partial charge in [-0.2, -0.15) is 9.61 Å². The van der Waals surface area contributed by atoms with E-state index in [1.165, 1.54) is 6.20 Å². The molecule has 0 saturated heterocycles. The Balaban J connectivity index is 2.71. The Morgan fingerprint density at radius 2 is 2.33 bits per heavy atom. The zero-order chi connectivity index (χ0) is 7.97. The van der Waals surface area contributed by atoms with Crippen LogP contribution >= 0.6 is 0 Å². The van der Waals surface area contributed by atoms with Crippen LogP contribution in [-0.4, -0.2) is 25.0 Å². The number of aromatic nitrogens is 5. The third-order valence-corrected chi connectivity index (χ3v) is 1.61. The van der Waals surface area contributed by atoms with E-state index in [1.54, 1.807) is 16.8 Å². The SMILES string of the molecule is c1cc2nnc3cnoc3n2n1. The van der Waals surface area contributed by atoms with Crippen LogP contribution in [0.2, 0.25) is 0 Å². The minimum atomic E-state index is 0.519. The Kier molecular flexibility index (Phi) is 0.840. The van der Waals surface area contributed by atoms with Gasteiger partial charge in [-0.15, -0.1) is 10.2 Å². The maximum atomic E-state index is 4.94. The van der Waals surface area contributed by atoms with Gasteiger partial charge in [0.1, 0.15) is 6.20 Å². The molecule has 58 valence electrons. The summed E-state index contributed by atoms with van der Waals surface area (Å²) in [6.45, 7) is 0. The first kappa shape index (κ1) is 5.64. The van der Waals surface area contributed by atoms with E-state index >= 15 is 0 Å². The topological polar surface area (TPSA) is 69.1 Å². The summed E-state index contributed by atoms with van der Waals surface area (Å²) in [6, 6.07) is 1.74. The molecule has 0 atom stereocenters. The third kappa shape index (κ3) is 0.541. The summed E-state index contributed by atoms with van der Waals surface area (Å²) in [7, 11) is 0. The second-order valence-corrected chi connectivity index (χ2v) is 2.32. The molecule has 0 N–H and O–H groups in total. The monoisotopic (exact) mass is 161 g/mol. The van der Waals surface area contributed by atoms with Crippen LogP contribution < -0.4 is 0 Å². The van der Waals surface area contributed by atoms with Gasteiger partial charge in [0.2, 0.25) is 0 Å². The van der Waals surface area contributed by atoms with Crippen molar-refractivity contribution >= 4 is 16.9 Å². The molecular weight excluding hydrogens is 158 g/mol. The molecular formula is C6H3N5O. The molecule has 6 heteroatoms. The molecule has 0 amide bonds. The average molecular weight is 161 g/mol. The van der Waals surface area contributed by atoms with Crippen molar-refractivity contribution in [3.8, 4) is 0 Å². The highest BCUT2D eigenvalue weighted by molar-refractivity contribution is 5.68. The largest absolute Gasteiger partial charge is 0.334 e. The van der Waals surface area contributed by atoms with Crippen LogP contribution in [0.4, 0.5) is 0 Å². The van der Waals surface area contributed by atoms with Crippen molar-refractivity contribution in [1.29, 1.82) is 0 Å². The van der Waals surface area contributed by atoms with Gasteiger partial charge in [0.15, 0.2) is 11.2 Å². The molecule has 3 aromatic rings. The molecule has 0 aromatic carbocycles. The lowest BCUT2D eigenvalue weighted by atomic mass is 10.6. The van der Waals surface area contributed by atoms with Crippen molar-refractivity contribution in [1.82, 2.24) is 25.0 Å². The second-order valence-electron chi connectivity index (χ2n) is 2.32. The molecule has 0 bridgehead atoms. The molecule has 3 rings (SSSR count). The number of hydrogen-bond donors (Lipinski definition) is 0. The Morgan fingerprint density at radius 1 is 1.33 bits per heavy atom. The summed E-state index contributed by atoms with van der Waals surface area (Å²) in [4.78, 5) is 0. The molecule has 0 aliphatic heterocycles. The number of fused-ring (bicyclic) bond motifs is 3. The molecule has 0 aliphatic carbocycles. The standard InChI is InChI=1S/C6H3N5O/c1-2-7-11-5(1)10-9-4-3-8-12-6(4)11/h1-3H. The summed E-state index contributed by atoms with van der Waals surface area (Å²) >= 11 is 0. The maximum Gasteiger partial charge on any atom is 0.281 e. The Hall–Kier alpha value is -1.98. The minimum Gasteiger partial charge on any atom is -0.334 e. The van der Waals surface area contributed by atoms with Crippen LogP contribution in [-0.2, 0) is 0 Å². The molecule has 0 saturated carbocycles. The highest BCUT2D eigenvalue weighted by Gasteiger charge is 2.05. The second kappa shape index (κ2) is 1.79. The van der Waals surface area contributed by atoms with Crippen molar-refractivity contribution in [3.05, 3.63) is 18.5 Å². The van der Waals surface area contributed by atoms with Gasteiger partial charge in [0.05, 0.1) is 6.20 Å². The van der Waals surface area contributed by atoms with Gasteiger partial charge in [0.25, 0.3) is 5.71 Å². The zero-order valence-electron chi connectivity index (χ0n) is 5.88. The van der Waals surface area contributed by atoms with E-state index < -0.39 is 0 Å². The summed E-state index contributed by atoms with van der Waals surface area (Å²) in [5, 5.41) is 15.4. The van der Waals surface area contributed by atoms with Crippen LogP contribution in [0.1, 0.15) is 0 Å². The first-order valence-corrected chi connectivity index (χ1v) is 3.36. The van der Waals surface area contributed by atoms with Gasteiger partial charge >= 0.3 is 0 Å². The van der Waals surface area contributed by atoms with Gasteiger partial charge in [-0.05, 0) is 0 Å². The van der Waals surface area contributed by atoms with E-state index in [9.17, 15) is 0 Å². The number of rotatable bonds is 0. The molecule has 0 radical (unpaired) electrons. The third-order valence-electron chi connectivity index (χ3n) is 1.61. The van der Waals surface area contributed by atoms with Crippen LogP contribution in [0.25, 0.3) is 16.9 Å². The smallest absolute Gasteiger partial charge is 0.281 e. The molecule has 3 heterocycles. The lowest BCUT2D eigenvalue weighted by Gasteiger charge is -1.88. The Labute approximate surface area is 65.8 Å². The summed E-state index contributed by atoms with van der Waals surface area (Å²) in [6.07, 6.45) is 3.13. The molecule has 12 heavy (non-hydrogen) atoms. The molecule has 6 nitrogen and oxygen atoms in total. The van der Waals surface area contributed by atoms with Crippen molar-refractivity contribution in [2.75, 3.05) is 0 Å². The highest BCUT2D eigenvalue weighted by atomic mass is 16.5. The number of hydrogen-bond acceptors (Lipinski definition) is 5. The van der Waals surface area contributed by atoms with E-state index in [1.807, 2.05) is 0 Å². The van der Waals surface area contributed by atoms with E-state index in [0.29, 0.717) is 16.9 Å². The first-order chi connectivity index (χ1) is 5.95. The molecule has 0 fully saturated rings. The van der Waals surface area contributed by atoms with E-state index in [0.717, 1.165) is 0 Å². The molecule has 0 aliphatic rings. The quantitative estimate of drug-likeness (QED) is 0.473. The normalized spacial score (nSPS) is 11.3. The average Bonchev–Trinajstić information content (AvgIpc) is 2.71. The molecule has 0 unspecified atom stereocenters. The molecule has 3 aromatic heterocycles. The van der Waals surface area contributed by atoms with Crippen molar-refractivity contribution in [2.24, 2.45) is 0 Å². The minimum absolute atomic E-state index is 0.519. The predicted molar refractivity (Wildman–Crippen MR) is 38.3 cm³/mol. The Morgan fingerprint density at radius 3 is 3.33 bits per heavy atom. The fraction of sp³-hybridized carbons (Fsp3) is 0. The van der Waals surface area contributed by atoms with Crippen molar-refractivity contribution in [3.63, 3.8) is 0 Å². The molecule has 0 spiro atoms. The lowest BCUT2D eigenvalue weighted by molar-refractivity contribution is 0.441. The van der Waals surface area contributed by atoms with Gasteiger partial charge < -0.3 is 4.52 Å². The summed E-state index contributed by atoms with van der Waals surface area (Å²) in [5.41, 5.74) is 1.77. The fourth-order valence-electron chi connectivity index (χ4n) is 1.08. The van der Waals surface area contributed by atoms with Crippen LogP contribution in [0.3, 0.4) is 0 Å². The van der Waals surface area contributed by atoms with Gasteiger partial charge in [-0.25, -0.2) is 0 Å². The summed E-state index contributed by atoms with van der Waals surface area (Å²) < 4.78 is 6.49. The van der Waals surface area contributed by atoms with Crippen LogP contribution in [0.5, 0.6) is 0 Å². The fourth-order valence-corrected chi connectivity index (χ4v) is 1.08. The zero-order valence-corrected chi connectivity index (χ0v) is 5.88. The van der Waals surface area contributed by atoms with Gasteiger partial charge in [0, 0.05) is 6.07 Å². The van der Waals surface area contributed by atoms with Gasteiger partial charge in [-0.1, -0.05) is 5.16 Å². The van der Waals surface area contributed by atoms with Crippen molar-refractivity contribution < 1.29 is 4.52 Å². The van der Waals surface area contributed by atoms with Gasteiger partial charge in [-0.3, -0.25) is 0 Å².